The third-order valence-corrected chi connectivity index (χ3v) is 10.8. The Hall–Kier alpha value is -1.40. The van der Waals surface area contributed by atoms with E-state index in [1.165, 1.54) is 154 Å². The van der Waals surface area contributed by atoms with Gasteiger partial charge in [-0.05, 0) is 44.9 Å². The van der Waals surface area contributed by atoms with Gasteiger partial charge in [0.1, 0.15) is 6.10 Å². The van der Waals surface area contributed by atoms with Crippen LogP contribution in [0.2, 0.25) is 0 Å². The van der Waals surface area contributed by atoms with Crippen LogP contribution in [0.25, 0.3) is 0 Å². The lowest BCUT2D eigenvalue weighted by atomic mass is 10.0. The summed E-state index contributed by atoms with van der Waals surface area (Å²) in [6, 6.07) is -0.701. The number of nitrogens with one attached hydrogen (secondary N) is 1. The second-order valence-corrected chi connectivity index (χ2v) is 16.2. The van der Waals surface area contributed by atoms with Crippen LogP contribution < -0.4 is 5.32 Å². The third kappa shape index (κ3) is 37.3. The molecule has 3 unspecified atom stereocenters. The molecular formula is C47H91NO5. The first kappa shape index (κ1) is 51.6. The van der Waals surface area contributed by atoms with Crippen LogP contribution in [0, 0.1) is 0 Å². The summed E-state index contributed by atoms with van der Waals surface area (Å²) in [6.45, 7) is 6.45. The second-order valence-electron chi connectivity index (χ2n) is 16.2. The van der Waals surface area contributed by atoms with Gasteiger partial charge in [0.15, 0.2) is 0 Å². The van der Waals surface area contributed by atoms with Crippen molar-refractivity contribution in [1.82, 2.24) is 5.32 Å². The molecule has 314 valence electrons. The average molecular weight is 750 g/mol. The molecule has 0 saturated heterocycles. The monoisotopic (exact) mass is 750 g/mol. The van der Waals surface area contributed by atoms with E-state index in [1.54, 1.807) is 0 Å². The van der Waals surface area contributed by atoms with Gasteiger partial charge >= 0.3 is 5.97 Å². The number of aliphatic hydroxyl groups excluding tert-OH is 2. The second kappa shape index (κ2) is 41.8. The Kier molecular flexibility index (Phi) is 40.7. The summed E-state index contributed by atoms with van der Waals surface area (Å²) in [5.74, 6) is -0.493. The van der Waals surface area contributed by atoms with Crippen LogP contribution in [0.3, 0.4) is 0 Å². The molecule has 3 atom stereocenters. The number of rotatable bonds is 42. The molecule has 1 amide bonds. The number of hydrogen-bond acceptors (Lipinski definition) is 5. The maximum atomic E-state index is 13.1. The number of aliphatic hydroxyl groups is 2. The zero-order valence-corrected chi connectivity index (χ0v) is 35.7. The Morgan fingerprint density at radius 1 is 0.528 bits per heavy atom. The predicted octanol–water partition coefficient (Wildman–Crippen LogP) is 13.4. The molecule has 0 aliphatic carbocycles. The zero-order valence-electron chi connectivity index (χ0n) is 35.7. The topological polar surface area (TPSA) is 95.9 Å². The molecule has 6 heteroatoms. The van der Waals surface area contributed by atoms with Crippen molar-refractivity contribution in [2.45, 2.75) is 270 Å². The molecule has 0 heterocycles. The highest BCUT2D eigenvalue weighted by atomic mass is 16.5. The Morgan fingerprint density at radius 2 is 0.925 bits per heavy atom. The minimum absolute atomic E-state index is 0.0628. The fourth-order valence-electron chi connectivity index (χ4n) is 7.25. The van der Waals surface area contributed by atoms with Gasteiger partial charge in [-0.2, -0.15) is 0 Å². The lowest BCUT2D eigenvalue weighted by molar-refractivity contribution is -0.151. The van der Waals surface area contributed by atoms with E-state index in [0.29, 0.717) is 19.3 Å². The summed E-state index contributed by atoms with van der Waals surface area (Å²) < 4.78 is 5.88. The van der Waals surface area contributed by atoms with E-state index in [2.05, 4.69) is 38.2 Å². The lowest BCUT2D eigenvalue weighted by Crippen LogP contribution is -2.46. The maximum absolute atomic E-state index is 13.1. The van der Waals surface area contributed by atoms with Gasteiger partial charge in [0.25, 0.3) is 0 Å². The SMILES string of the molecule is CCCCCCCC/C=C\CCCC(CC(=O)NC(CO)C(O)CCCCCCCCCCCCC)OC(=O)CCCCCCCCCCCCCC. The van der Waals surface area contributed by atoms with Gasteiger partial charge in [0.05, 0.1) is 25.2 Å². The van der Waals surface area contributed by atoms with Gasteiger partial charge in [0, 0.05) is 6.42 Å². The van der Waals surface area contributed by atoms with Crippen LogP contribution in [0.5, 0.6) is 0 Å². The zero-order chi connectivity index (χ0) is 38.9. The third-order valence-electron chi connectivity index (χ3n) is 10.8. The summed E-state index contributed by atoms with van der Waals surface area (Å²) in [5, 5.41) is 23.6. The largest absolute Gasteiger partial charge is 0.462 e. The summed E-state index contributed by atoms with van der Waals surface area (Å²) in [4.78, 5) is 25.9. The molecule has 0 aromatic carbocycles. The minimum atomic E-state index is -0.786. The highest BCUT2D eigenvalue weighted by Gasteiger charge is 2.24. The Morgan fingerprint density at radius 3 is 1.38 bits per heavy atom. The molecule has 6 nitrogen and oxygen atoms in total. The van der Waals surface area contributed by atoms with Crippen LogP contribution in [-0.4, -0.2) is 46.9 Å². The standard InChI is InChI=1S/C47H91NO5/c1-4-7-10-13-16-19-22-25-28-31-34-37-40-47(52)53-43(38-35-32-29-26-23-20-17-14-11-8-5-2)41-46(51)48-44(42-49)45(50)39-36-33-30-27-24-21-18-15-12-9-6-3/h26,29,43-45,49-50H,4-25,27-28,30-42H2,1-3H3,(H,48,51)/b29-26-. The van der Waals surface area contributed by atoms with Crippen LogP contribution in [0.1, 0.15) is 252 Å². The number of amides is 1. The first-order chi connectivity index (χ1) is 26.0. The number of carbonyl (C=O) groups is 2. The lowest BCUT2D eigenvalue weighted by Gasteiger charge is -2.24. The minimum Gasteiger partial charge on any atom is -0.462 e. The highest BCUT2D eigenvalue weighted by molar-refractivity contribution is 5.77. The van der Waals surface area contributed by atoms with Crippen molar-refractivity contribution < 1.29 is 24.5 Å². The number of esters is 1. The Bertz CT molecular complexity index is 802. The molecule has 0 aliphatic rings. The number of unbranched alkanes of at least 4 members (excludes halogenated alkanes) is 28. The van der Waals surface area contributed by atoms with Crippen molar-refractivity contribution in [3.05, 3.63) is 12.2 Å². The first-order valence-electron chi connectivity index (χ1n) is 23.4. The fourth-order valence-corrected chi connectivity index (χ4v) is 7.25. The quantitative estimate of drug-likeness (QED) is 0.0328. The maximum Gasteiger partial charge on any atom is 0.306 e. The van der Waals surface area contributed by atoms with Crippen molar-refractivity contribution in [3.63, 3.8) is 0 Å². The van der Waals surface area contributed by atoms with Crippen molar-refractivity contribution in [3.8, 4) is 0 Å². The molecule has 0 aromatic heterocycles. The van der Waals surface area contributed by atoms with Crippen molar-refractivity contribution in [2.24, 2.45) is 0 Å². The molecule has 0 bridgehead atoms. The molecule has 0 aliphatic heterocycles. The summed E-state index contributed by atoms with van der Waals surface area (Å²) in [6.07, 6.45) is 44.1. The normalized spacial score (nSPS) is 13.4. The van der Waals surface area contributed by atoms with Crippen LogP contribution >= 0.6 is 0 Å². The van der Waals surface area contributed by atoms with Gasteiger partial charge in [-0.15, -0.1) is 0 Å². The molecule has 0 fully saturated rings. The predicted molar refractivity (Wildman–Crippen MR) is 227 cm³/mol. The molecular weight excluding hydrogens is 659 g/mol. The number of ether oxygens (including phenoxy) is 1. The highest BCUT2D eigenvalue weighted by Crippen LogP contribution is 2.17. The molecule has 0 rings (SSSR count). The van der Waals surface area contributed by atoms with E-state index in [4.69, 9.17) is 4.74 Å². The number of carbonyl (C=O) groups excluding carboxylic acids is 2. The van der Waals surface area contributed by atoms with E-state index in [0.717, 1.165) is 51.4 Å². The van der Waals surface area contributed by atoms with Crippen molar-refractivity contribution >= 4 is 11.9 Å². The number of hydrogen-bond donors (Lipinski definition) is 3. The van der Waals surface area contributed by atoms with Gasteiger partial charge in [-0.25, -0.2) is 0 Å². The van der Waals surface area contributed by atoms with Gasteiger partial charge in [-0.1, -0.05) is 206 Å². The van der Waals surface area contributed by atoms with E-state index in [1.807, 2.05) is 0 Å². The van der Waals surface area contributed by atoms with Crippen molar-refractivity contribution in [2.75, 3.05) is 6.61 Å². The molecule has 0 saturated carbocycles. The summed E-state index contributed by atoms with van der Waals surface area (Å²) >= 11 is 0. The van der Waals surface area contributed by atoms with E-state index < -0.39 is 18.2 Å². The van der Waals surface area contributed by atoms with Gasteiger partial charge in [-0.3, -0.25) is 9.59 Å². The Labute approximate surface area is 329 Å². The molecule has 53 heavy (non-hydrogen) atoms. The molecule has 3 N–H and O–H groups in total. The molecule has 0 aromatic rings. The number of allylic oxidation sites excluding steroid dienone is 2. The fraction of sp³-hybridized carbons (Fsp3) is 0.915. The van der Waals surface area contributed by atoms with E-state index in [-0.39, 0.29) is 24.9 Å². The average Bonchev–Trinajstić information content (AvgIpc) is 3.15. The van der Waals surface area contributed by atoms with Crippen LogP contribution in [0.15, 0.2) is 12.2 Å². The summed E-state index contributed by atoms with van der Waals surface area (Å²) in [5.41, 5.74) is 0. The van der Waals surface area contributed by atoms with Crippen LogP contribution in [0.4, 0.5) is 0 Å². The van der Waals surface area contributed by atoms with Crippen LogP contribution in [-0.2, 0) is 14.3 Å². The van der Waals surface area contributed by atoms with Gasteiger partial charge < -0.3 is 20.3 Å². The van der Waals surface area contributed by atoms with E-state index >= 15 is 0 Å². The smallest absolute Gasteiger partial charge is 0.306 e. The first-order valence-corrected chi connectivity index (χ1v) is 23.4. The Balaban J connectivity index is 4.58. The summed E-state index contributed by atoms with van der Waals surface area (Å²) in [7, 11) is 0. The van der Waals surface area contributed by atoms with Gasteiger partial charge in [0.2, 0.25) is 5.91 Å². The van der Waals surface area contributed by atoms with Crippen molar-refractivity contribution in [1.29, 1.82) is 0 Å². The van der Waals surface area contributed by atoms with E-state index in [9.17, 15) is 19.8 Å². The molecule has 0 radical (unpaired) electrons. The molecule has 0 spiro atoms.